The van der Waals surface area contributed by atoms with Crippen LogP contribution in [0.4, 0.5) is 11.6 Å². The lowest BCUT2D eigenvalue weighted by Gasteiger charge is -2.30. The summed E-state index contributed by atoms with van der Waals surface area (Å²) in [5.41, 5.74) is 3.67. The first kappa shape index (κ1) is 26.4. The maximum atomic E-state index is 12.9. The van der Waals surface area contributed by atoms with E-state index >= 15 is 0 Å². The Morgan fingerprint density at radius 3 is 2.72 bits per heavy atom. The number of aromatic amines is 1. The van der Waals surface area contributed by atoms with Crippen molar-refractivity contribution in [3.63, 3.8) is 0 Å². The number of benzene rings is 2. The van der Waals surface area contributed by atoms with Crippen LogP contribution in [-0.2, 0) is 4.79 Å². The summed E-state index contributed by atoms with van der Waals surface area (Å²) >= 11 is 6.48. The van der Waals surface area contributed by atoms with Crippen molar-refractivity contribution in [2.45, 2.75) is 37.8 Å². The molecule has 1 aliphatic carbocycles. The molecule has 2 amide bonds. The lowest BCUT2D eigenvalue weighted by Crippen LogP contribution is -2.42. The van der Waals surface area contributed by atoms with Gasteiger partial charge in [-0.3, -0.25) is 9.59 Å². The van der Waals surface area contributed by atoms with E-state index < -0.39 is 0 Å². The van der Waals surface area contributed by atoms with Gasteiger partial charge >= 0.3 is 0 Å². The fraction of sp³-hybridized carbons (Fsp3) is 0.241. The van der Waals surface area contributed by atoms with E-state index in [1.165, 1.54) is 12.2 Å². The Labute approximate surface area is 230 Å². The Morgan fingerprint density at radius 2 is 1.90 bits per heavy atom. The van der Waals surface area contributed by atoms with Crippen molar-refractivity contribution in [1.82, 2.24) is 20.3 Å². The molecular weight excluding hydrogens is 516 g/mol. The molecule has 0 spiro atoms. The number of aromatic nitrogens is 3. The maximum Gasteiger partial charge on any atom is 0.251 e. The monoisotopic (exact) mass is 544 g/mol. The molecule has 200 valence electrons. The van der Waals surface area contributed by atoms with E-state index in [1.807, 2.05) is 30.5 Å². The summed E-state index contributed by atoms with van der Waals surface area (Å²) < 4.78 is 0. The number of rotatable bonds is 8. The lowest BCUT2D eigenvalue weighted by atomic mass is 9.91. The number of hydrogen-bond donors (Lipinski definition) is 5. The zero-order chi connectivity index (χ0) is 27.2. The molecule has 39 heavy (non-hydrogen) atoms. The molecule has 0 aliphatic heterocycles. The van der Waals surface area contributed by atoms with Crippen molar-refractivity contribution in [3.8, 4) is 11.3 Å². The fourth-order valence-electron chi connectivity index (χ4n) is 4.84. The minimum atomic E-state index is -0.347. The number of para-hydroxylation sites is 1. The van der Waals surface area contributed by atoms with Crippen LogP contribution >= 0.6 is 11.6 Å². The molecular formula is C29H29ClN6O3. The highest BCUT2D eigenvalue weighted by atomic mass is 35.5. The van der Waals surface area contributed by atoms with Gasteiger partial charge in [-0.15, -0.1) is 0 Å². The number of aliphatic hydroxyl groups is 1. The minimum Gasteiger partial charge on any atom is -0.392 e. The molecule has 1 fully saturated rings. The van der Waals surface area contributed by atoms with Crippen LogP contribution in [0.5, 0.6) is 0 Å². The number of anilines is 2. The SMILES string of the molecule is O=C(/C=C/CO)Nc1ccc(C(=O)N[C@H]2CCC[C@@H](Nc3ncc(Cl)c(-c4c[nH]c5ccccc45)n3)C2)cc1. The molecule has 10 heteroatoms. The smallest absolute Gasteiger partial charge is 0.251 e. The van der Waals surface area contributed by atoms with Crippen LogP contribution in [0.25, 0.3) is 22.2 Å². The van der Waals surface area contributed by atoms with Crippen molar-refractivity contribution in [2.24, 2.45) is 0 Å². The Bertz CT molecular complexity index is 1500. The highest BCUT2D eigenvalue weighted by Gasteiger charge is 2.25. The summed E-state index contributed by atoms with van der Waals surface area (Å²) in [6.07, 6.45) is 9.66. The summed E-state index contributed by atoms with van der Waals surface area (Å²) in [6, 6.07) is 14.8. The first-order valence-corrected chi connectivity index (χ1v) is 13.2. The van der Waals surface area contributed by atoms with Crippen molar-refractivity contribution in [2.75, 3.05) is 17.2 Å². The minimum absolute atomic E-state index is 0.00661. The van der Waals surface area contributed by atoms with E-state index in [4.69, 9.17) is 21.7 Å². The fourth-order valence-corrected chi connectivity index (χ4v) is 5.04. The number of halogens is 1. The molecule has 0 radical (unpaired) electrons. The average molecular weight is 545 g/mol. The van der Waals surface area contributed by atoms with Crippen molar-refractivity contribution >= 4 is 46.0 Å². The topological polar surface area (TPSA) is 132 Å². The molecule has 0 bridgehead atoms. The third-order valence-corrected chi connectivity index (χ3v) is 7.00. The molecule has 2 atom stereocenters. The number of carbonyl (C=O) groups excluding carboxylic acids is 2. The van der Waals surface area contributed by atoms with Gasteiger partial charge in [0, 0.05) is 52.1 Å². The van der Waals surface area contributed by atoms with Gasteiger partial charge in [0.05, 0.1) is 23.5 Å². The van der Waals surface area contributed by atoms with E-state index in [0.29, 0.717) is 27.9 Å². The molecule has 4 aromatic rings. The summed E-state index contributed by atoms with van der Waals surface area (Å²) in [6.45, 7) is -0.206. The maximum absolute atomic E-state index is 12.9. The molecule has 5 rings (SSSR count). The Hall–Kier alpha value is -4.21. The number of fused-ring (bicyclic) bond motifs is 1. The van der Waals surface area contributed by atoms with E-state index in [-0.39, 0.29) is 30.5 Å². The number of hydrogen-bond acceptors (Lipinski definition) is 6. The van der Waals surface area contributed by atoms with Gasteiger partial charge in [0.15, 0.2) is 0 Å². The van der Waals surface area contributed by atoms with Crippen molar-refractivity contribution < 1.29 is 14.7 Å². The van der Waals surface area contributed by atoms with Crippen LogP contribution in [0.1, 0.15) is 36.0 Å². The number of aliphatic hydroxyl groups excluding tert-OH is 1. The summed E-state index contributed by atoms with van der Waals surface area (Å²) in [7, 11) is 0. The largest absolute Gasteiger partial charge is 0.392 e. The van der Waals surface area contributed by atoms with Crippen LogP contribution in [-0.4, -0.2) is 50.6 Å². The predicted molar refractivity (Wildman–Crippen MR) is 153 cm³/mol. The molecule has 0 unspecified atom stereocenters. The summed E-state index contributed by atoms with van der Waals surface area (Å²) in [5, 5.41) is 19.5. The van der Waals surface area contributed by atoms with E-state index in [0.717, 1.165) is 42.1 Å². The van der Waals surface area contributed by atoms with Crippen LogP contribution in [0.15, 0.2) is 73.1 Å². The molecule has 5 N–H and O–H groups in total. The van der Waals surface area contributed by atoms with Gasteiger partial charge in [-0.2, -0.15) is 0 Å². The van der Waals surface area contributed by atoms with E-state index in [2.05, 4.69) is 25.9 Å². The number of nitrogens with one attached hydrogen (secondary N) is 4. The second-order valence-electron chi connectivity index (χ2n) is 9.47. The molecule has 2 heterocycles. The van der Waals surface area contributed by atoms with Gasteiger partial charge in [-0.05, 0) is 56.0 Å². The Kier molecular flexibility index (Phi) is 8.19. The predicted octanol–water partition coefficient (Wildman–Crippen LogP) is 4.92. The number of carbonyl (C=O) groups is 2. The first-order chi connectivity index (χ1) is 19.0. The third-order valence-electron chi connectivity index (χ3n) is 6.72. The van der Waals surface area contributed by atoms with Crippen LogP contribution in [0.2, 0.25) is 5.02 Å². The van der Waals surface area contributed by atoms with Gasteiger partial charge in [0.2, 0.25) is 11.9 Å². The first-order valence-electron chi connectivity index (χ1n) is 12.8. The van der Waals surface area contributed by atoms with Crippen molar-refractivity contribution in [3.05, 3.63) is 83.7 Å². The van der Waals surface area contributed by atoms with E-state index in [1.54, 1.807) is 30.5 Å². The van der Waals surface area contributed by atoms with Crippen LogP contribution in [0.3, 0.4) is 0 Å². The van der Waals surface area contributed by atoms with Crippen LogP contribution in [0, 0.1) is 0 Å². The van der Waals surface area contributed by atoms with E-state index in [9.17, 15) is 9.59 Å². The highest BCUT2D eigenvalue weighted by Crippen LogP contribution is 2.32. The lowest BCUT2D eigenvalue weighted by molar-refractivity contribution is -0.111. The van der Waals surface area contributed by atoms with Crippen molar-refractivity contribution in [1.29, 1.82) is 0 Å². The number of nitrogens with zero attached hydrogens (tertiary/aromatic N) is 2. The van der Waals surface area contributed by atoms with Gasteiger partial charge in [-0.1, -0.05) is 35.9 Å². The quantitative estimate of drug-likeness (QED) is 0.200. The summed E-state index contributed by atoms with van der Waals surface area (Å²) in [4.78, 5) is 37.0. The summed E-state index contributed by atoms with van der Waals surface area (Å²) in [5.74, 6) is -0.00793. The zero-order valence-corrected chi connectivity index (χ0v) is 21.9. The Balaban J connectivity index is 1.20. The molecule has 0 saturated heterocycles. The zero-order valence-electron chi connectivity index (χ0n) is 21.2. The second-order valence-corrected chi connectivity index (χ2v) is 9.88. The molecule has 9 nitrogen and oxygen atoms in total. The molecule has 2 aromatic carbocycles. The molecule has 2 aromatic heterocycles. The molecule has 1 aliphatic rings. The highest BCUT2D eigenvalue weighted by molar-refractivity contribution is 6.33. The third kappa shape index (κ3) is 6.45. The standard InChI is InChI=1S/C29H29ClN6O3/c30-24-17-32-29(36-27(24)23-16-31-25-8-2-1-7-22(23)25)35-21-6-3-5-20(15-21)34-28(39)18-10-12-19(13-11-18)33-26(38)9-4-14-37/h1-2,4,7-13,16-17,20-21,31,37H,3,5-6,14-15H2,(H,33,38)(H,34,39)(H,32,35,36)/b9-4+/t20-,21+/m0/s1. The normalized spacial score (nSPS) is 17.3. The van der Waals surface area contributed by atoms with Gasteiger partial charge in [0.25, 0.3) is 5.91 Å². The second kappa shape index (κ2) is 12.1. The Morgan fingerprint density at radius 1 is 1.10 bits per heavy atom. The number of amides is 2. The van der Waals surface area contributed by atoms with Crippen LogP contribution < -0.4 is 16.0 Å². The average Bonchev–Trinajstić information content (AvgIpc) is 3.37. The van der Waals surface area contributed by atoms with Gasteiger partial charge < -0.3 is 26.0 Å². The van der Waals surface area contributed by atoms with Gasteiger partial charge in [-0.25, -0.2) is 9.97 Å². The molecule has 1 saturated carbocycles. The number of H-pyrrole nitrogens is 1. The van der Waals surface area contributed by atoms with Gasteiger partial charge in [0.1, 0.15) is 0 Å².